The normalized spacial score (nSPS) is 34.9. The Labute approximate surface area is 99.9 Å². The highest BCUT2D eigenvalue weighted by molar-refractivity contribution is 5.75. The molecule has 4 atom stereocenters. The molecule has 0 saturated carbocycles. The van der Waals surface area contributed by atoms with E-state index in [-0.39, 0.29) is 30.0 Å². The van der Waals surface area contributed by atoms with Crippen LogP contribution in [0.4, 0.5) is 0 Å². The van der Waals surface area contributed by atoms with Crippen molar-refractivity contribution in [2.24, 2.45) is 5.92 Å². The number of aromatic nitrogens is 1. The number of pyridine rings is 1. The first-order valence-electron chi connectivity index (χ1n) is 5.94. The van der Waals surface area contributed by atoms with E-state index >= 15 is 0 Å². The van der Waals surface area contributed by atoms with Crippen LogP contribution < -0.4 is 0 Å². The summed E-state index contributed by atoms with van der Waals surface area (Å²) in [6.45, 7) is 0. The third-order valence-corrected chi connectivity index (χ3v) is 3.84. The summed E-state index contributed by atoms with van der Waals surface area (Å²) in [7, 11) is 1.44. The van der Waals surface area contributed by atoms with Crippen molar-refractivity contribution in [3.8, 4) is 0 Å². The number of carbonyl (C=O) groups is 1. The van der Waals surface area contributed by atoms with Gasteiger partial charge in [0.25, 0.3) is 0 Å². The molecular weight excluding hydrogens is 218 g/mol. The molecule has 0 spiro atoms. The summed E-state index contributed by atoms with van der Waals surface area (Å²) in [5, 5.41) is 0. The molecule has 2 aliphatic rings. The Hall–Kier alpha value is -1.42. The fourth-order valence-corrected chi connectivity index (χ4v) is 3.12. The van der Waals surface area contributed by atoms with Gasteiger partial charge in [-0.3, -0.25) is 9.78 Å². The predicted molar refractivity (Wildman–Crippen MR) is 60.4 cm³/mol. The van der Waals surface area contributed by atoms with Gasteiger partial charge >= 0.3 is 5.97 Å². The van der Waals surface area contributed by atoms with Gasteiger partial charge in [-0.25, -0.2) is 0 Å². The first kappa shape index (κ1) is 10.7. The third kappa shape index (κ3) is 1.63. The zero-order valence-electron chi connectivity index (χ0n) is 9.70. The topological polar surface area (TPSA) is 48.4 Å². The van der Waals surface area contributed by atoms with Gasteiger partial charge in [-0.15, -0.1) is 0 Å². The lowest BCUT2D eigenvalue weighted by Gasteiger charge is -2.26. The molecule has 2 saturated heterocycles. The molecule has 0 unspecified atom stereocenters. The number of ether oxygens (including phenoxy) is 2. The van der Waals surface area contributed by atoms with E-state index in [1.807, 2.05) is 12.1 Å². The molecule has 3 heterocycles. The van der Waals surface area contributed by atoms with Crippen molar-refractivity contribution in [2.45, 2.75) is 31.0 Å². The number of nitrogens with zero attached hydrogens (tertiary/aromatic N) is 1. The summed E-state index contributed by atoms with van der Waals surface area (Å²) in [6.07, 6.45) is 5.71. The number of hydrogen-bond donors (Lipinski definition) is 0. The van der Waals surface area contributed by atoms with Crippen LogP contribution in [0.25, 0.3) is 0 Å². The van der Waals surface area contributed by atoms with E-state index in [0.29, 0.717) is 0 Å². The summed E-state index contributed by atoms with van der Waals surface area (Å²) in [4.78, 5) is 15.9. The Kier molecular flexibility index (Phi) is 2.59. The van der Waals surface area contributed by atoms with Crippen molar-refractivity contribution in [1.82, 2.24) is 4.98 Å². The van der Waals surface area contributed by atoms with Gasteiger partial charge in [-0.2, -0.15) is 0 Å². The van der Waals surface area contributed by atoms with Crippen molar-refractivity contribution in [1.29, 1.82) is 0 Å². The monoisotopic (exact) mass is 233 g/mol. The quantitative estimate of drug-likeness (QED) is 0.727. The lowest BCUT2D eigenvalue weighted by atomic mass is 9.76. The van der Waals surface area contributed by atoms with E-state index in [9.17, 15) is 4.79 Å². The summed E-state index contributed by atoms with van der Waals surface area (Å²) >= 11 is 0. The Morgan fingerprint density at radius 2 is 2.06 bits per heavy atom. The van der Waals surface area contributed by atoms with Crippen LogP contribution in [0.5, 0.6) is 0 Å². The fraction of sp³-hybridized carbons (Fsp3) is 0.538. The van der Waals surface area contributed by atoms with Crippen molar-refractivity contribution in [3.05, 3.63) is 30.1 Å². The average Bonchev–Trinajstić information content (AvgIpc) is 2.99. The van der Waals surface area contributed by atoms with Crippen molar-refractivity contribution < 1.29 is 14.3 Å². The zero-order chi connectivity index (χ0) is 11.8. The largest absolute Gasteiger partial charge is 0.469 e. The lowest BCUT2D eigenvalue weighted by molar-refractivity contribution is -0.147. The second kappa shape index (κ2) is 4.11. The molecule has 4 nitrogen and oxygen atoms in total. The summed E-state index contributed by atoms with van der Waals surface area (Å²) in [6, 6.07) is 3.93. The highest BCUT2D eigenvalue weighted by Crippen LogP contribution is 2.48. The Balaban J connectivity index is 1.94. The minimum Gasteiger partial charge on any atom is -0.469 e. The summed E-state index contributed by atoms with van der Waals surface area (Å²) < 4.78 is 10.8. The van der Waals surface area contributed by atoms with Crippen molar-refractivity contribution >= 4 is 5.97 Å². The van der Waals surface area contributed by atoms with E-state index < -0.39 is 0 Å². The van der Waals surface area contributed by atoms with Gasteiger partial charge in [-0.05, 0) is 30.5 Å². The SMILES string of the molecule is COC(=O)[C@H]1[C@@H](c2ccncc2)[C@@H]2CC[C@H]1O2. The van der Waals surface area contributed by atoms with Gasteiger partial charge in [0, 0.05) is 18.3 Å². The van der Waals surface area contributed by atoms with Crippen LogP contribution in [0.3, 0.4) is 0 Å². The number of carbonyl (C=O) groups excluding carboxylic acids is 1. The molecule has 1 aromatic rings. The van der Waals surface area contributed by atoms with Crippen molar-refractivity contribution in [3.63, 3.8) is 0 Å². The minimum atomic E-state index is -0.154. The molecular formula is C13H15NO3. The molecule has 1 aromatic heterocycles. The van der Waals surface area contributed by atoms with Crippen LogP contribution in [-0.2, 0) is 14.3 Å². The van der Waals surface area contributed by atoms with E-state index in [1.54, 1.807) is 12.4 Å². The number of hydrogen-bond acceptors (Lipinski definition) is 4. The van der Waals surface area contributed by atoms with Gasteiger partial charge in [0.2, 0.25) is 0 Å². The first-order chi connectivity index (χ1) is 8.31. The standard InChI is InChI=1S/C13H15NO3/c1-16-13(15)12-10-3-2-9(17-10)11(12)8-4-6-14-7-5-8/h4-7,9-12H,2-3H2,1H3/t9-,10+,11-,12+/m0/s1. The van der Waals surface area contributed by atoms with Gasteiger partial charge < -0.3 is 9.47 Å². The zero-order valence-corrected chi connectivity index (χ0v) is 9.70. The summed E-state index contributed by atoms with van der Waals surface area (Å²) in [5.74, 6) is -0.177. The molecule has 0 aromatic carbocycles. The number of methoxy groups -OCH3 is 1. The molecule has 17 heavy (non-hydrogen) atoms. The number of rotatable bonds is 2. The molecule has 2 fully saturated rings. The molecule has 0 radical (unpaired) electrons. The third-order valence-electron chi connectivity index (χ3n) is 3.84. The fourth-order valence-electron chi connectivity index (χ4n) is 3.12. The maximum absolute atomic E-state index is 11.9. The second-order valence-electron chi connectivity index (χ2n) is 4.65. The molecule has 0 aliphatic carbocycles. The number of esters is 1. The molecule has 0 N–H and O–H groups in total. The predicted octanol–water partition coefficient (Wildman–Crippen LogP) is 1.52. The highest BCUT2D eigenvalue weighted by Gasteiger charge is 2.53. The maximum atomic E-state index is 11.9. The van der Waals surface area contributed by atoms with E-state index in [4.69, 9.17) is 9.47 Å². The maximum Gasteiger partial charge on any atom is 0.312 e. The molecule has 90 valence electrons. The summed E-state index contributed by atoms with van der Waals surface area (Å²) in [5.41, 5.74) is 1.13. The second-order valence-corrected chi connectivity index (χ2v) is 4.65. The Morgan fingerprint density at radius 1 is 1.35 bits per heavy atom. The number of fused-ring (bicyclic) bond motifs is 2. The van der Waals surface area contributed by atoms with Crippen LogP contribution in [0.15, 0.2) is 24.5 Å². The van der Waals surface area contributed by atoms with Crippen molar-refractivity contribution in [2.75, 3.05) is 7.11 Å². The molecule has 0 amide bonds. The van der Waals surface area contributed by atoms with Crippen LogP contribution in [0.2, 0.25) is 0 Å². The van der Waals surface area contributed by atoms with Crippen LogP contribution >= 0.6 is 0 Å². The van der Waals surface area contributed by atoms with E-state index in [1.165, 1.54) is 7.11 Å². The van der Waals surface area contributed by atoms with Crippen LogP contribution in [0, 0.1) is 5.92 Å². The lowest BCUT2D eigenvalue weighted by Crippen LogP contribution is -2.32. The van der Waals surface area contributed by atoms with E-state index in [2.05, 4.69) is 4.98 Å². The van der Waals surface area contributed by atoms with E-state index in [0.717, 1.165) is 18.4 Å². The highest BCUT2D eigenvalue weighted by atomic mass is 16.5. The molecule has 2 bridgehead atoms. The Bertz CT molecular complexity index is 420. The van der Waals surface area contributed by atoms with Crippen LogP contribution in [-0.4, -0.2) is 30.3 Å². The van der Waals surface area contributed by atoms with Gasteiger partial charge in [-0.1, -0.05) is 0 Å². The molecule has 3 rings (SSSR count). The van der Waals surface area contributed by atoms with Gasteiger partial charge in [0.05, 0.1) is 25.2 Å². The van der Waals surface area contributed by atoms with Gasteiger partial charge in [0.15, 0.2) is 0 Å². The van der Waals surface area contributed by atoms with Gasteiger partial charge in [0.1, 0.15) is 0 Å². The van der Waals surface area contributed by atoms with Crippen LogP contribution in [0.1, 0.15) is 24.3 Å². The molecule has 2 aliphatic heterocycles. The minimum absolute atomic E-state index is 0.0330. The molecule has 4 heteroatoms. The first-order valence-corrected chi connectivity index (χ1v) is 5.94. The smallest absolute Gasteiger partial charge is 0.312 e. The Morgan fingerprint density at radius 3 is 2.76 bits per heavy atom. The average molecular weight is 233 g/mol.